The predicted octanol–water partition coefficient (Wildman–Crippen LogP) is 4.46. The minimum Gasteiger partial charge on any atom is -0.240 e. The zero-order chi connectivity index (χ0) is 14.1. The summed E-state index contributed by atoms with van der Waals surface area (Å²) in [5, 5.41) is 4.51. The van der Waals surface area contributed by atoms with Crippen molar-refractivity contribution in [1.82, 2.24) is 9.78 Å². The number of benzene rings is 2. The highest BCUT2D eigenvalue weighted by Crippen LogP contribution is 2.25. The van der Waals surface area contributed by atoms with Crippen LogP contribution < -0.4 is 0 Å². The highest BCUT2D eigenvalue weighted by atomic mass is 15.3. The first-order valence-corrected chi connectivity index (χ1v) is 6.84. The van der Waals surface area contributed by atoms with Crippen molar-refractivity contribution in [1.29, 1.82) is 0 Å². The molecule has 2 aromatic carbocycles. The Morgan fingerprint density at radius 1 is 0.850 bits per heavy atom. The van der Waals surface area contributed by atoms with Gasteiger partial charge in [0.05, 0.1) is 11.4 Å². The molecule has 0 aliphatic heterocycles. The van der Waals surface area contributed by atoms with Crippen molar-refractivity contribution < 1.29 is 0 Å². The lowest BCUT2D eigenvalue weighted by atomic mass is 10.0. The van der Waals surface area contributed by atoms with Gasteiger partial charge < -0.3 is 0 Å². The number of aromatic nitrogens is 2. The van der Waals surface area contributed by atoms with E-state index in [-0.39, 0.29) is 0 Å². The van der Waals surface area contributed by atoms with Crippen LogP contribution in [0.1, 0.15) is 16.8 Å². The van der Waals surface area contributed by atoms with Gasteiger partial charge in [-0.05, 0) is 49.6 Å². The normalized spacial score (nSPS) is 10.8. The molecule has 0 aliphatic carbocycles. The molecule has 1 aromatic heterocycles. The van der Waals surface area contributed by atoms with E-state index in [1.807, 2.05) is 23.9 Å². The van der Waals surface area contributed by atoms with Crippen LogP contribution in [0.2, 0.25) is 0 Å². The molecular formula is C18H18N2. The fourth-order valence-corrected chi connectivity index (χ4v) is 2.41. The Hall–Kier alpha value is -2.35. The van der Waals surface area contributed by atoms with Gasteiger partial charge >= 0.3 is 0 Å². The lowest BCUT2D eigenvalue weighted by molar-refractivity contribution is 0.856. The maximum atomic E-state index is 4.51. The molecule has 2 nitrogen and oxygen atoms in total. The molecule has 0 saturated carbocycles. The van der Waals surface area contributed by atoms with E-state index in [1.165, 1.54) is 22.3 Å². The van der Waals surface area contributed by atoms with E-state index in [4.69, 9.17) is 0 Å². The Morgan fingerprint density at radius 3 is 2.35 bits per heavy atom. The summed E-state index contributed by atoms with van der Waals surface area (Å²) in [6.07, 6.45) is 2.01. The van der Waals surface area contributed by atoms with E-state index in [0.717, 1.165) is 11.4 Å². The molecule has 0 N–H and O–H groups in total. The Kier molecular flexibility index (Phi) is 3.15. The predicted molar refractivity (Wildman–Crippen MR) is 83.2 cm³/mol. The van der Waals surface area contributed by atoms with E-state index < -0.39 is 0 Å². The van der Waals surface area contributed by atoms with Crippen molar-refractivity contribution in [2.24, 2.45) is 0 Å². The topological polar surface area (TPSA) is 17.8 Å². The van der Waals surface area contributed by atoms with Crippen LogP contribution in [-0.4, -0.2) is 9.78 Å². The van der Waals surface area contributed by atoms with Gasteiger partial charge in [-0.2, -0.15) is 5.10 Å². The fraction of sp³-hybridized carbons (Fsp3) is 0.167. The largest absolute Gasteiger partial charge is 0.240 e. The molecule has 0 radical (unpaired) electrons. The maximum absolute atomic E-state index is 4.51. The second-order valence-corrected chi connectivity index (χ2v) is 5.27. The summed E-state index contributed by atoms with van der Waals surface area (Å²) in [7, 11) is 0. The van der Waals surface area contributed by atoms with Gasteiger partial charge in [0, 0.05) is 6.20 Å². The Bertz CT molecular complexity index is 754. The van der Waals surface area contributed by atoms with Gasteiger partial charge in [-0.3, -0.25) is 0 Å². The second kappa shape index (κ2) is 4.97. The van der Waals surface area contributed by atoms with Crippen molar-refractivity contribution in [3.63, 3.8) is 0 Å². The van der Waals surface area contributed by atoms with Crippen LogP contribution in [-0.2, 0) is 0 Å². The molecule has 100 valence electrons. The molecule has 0 atom stereocenters. The van der Waals surface area contributed by atoms with E-state index in [1.54, 1.807) is 0 Å². The van der Waals surface area contributed by atoms with Crippen molar-refractivity contribution >= 4 is 0 Å². The number of nitrogens with zero attached hydrogens (tertiary/aromatic N) is 2. The third-order valence-electron chi connectivity index (χ3n) is 3.53. The van der Waals surface area contributed by atoms with Crippen LogP contribution in [0.25, 0.3) is 16.8 Å². The first-order valence-electron chi connectivity index (χ1n) is 6.84. The average molecular weight is 262 g/mol. The molecule has 2 heteroatoms. The number of rotatable bonds is 2. The molecular weight excluding hydrogens is 244 g/mol. The smallest absolute Gasteiger partial charge is 0.0680 e. The Morgan fingerprint density at radius 2 is 1.65 bits per heavy atom. The third-order valence-corrected chi connectivity index (χ3v) is 3.53. The molecule has 3 aromatic rings. The maximum Gasteiger partial charge on any atom is 0.0680 e. The lowest BCUT2D eigenvalue weighted by Gasteiger charge is -2.10. The highest BCUT2D eigenvalue weighted by molar-refractivity contribution is 5.67. The van der Waals surface area contributed by atoms with Crippen LogP contribution in [0.4, 0.5) is 0 Å². The van der Waals surface area contributed by atoms with E-state index >= 15 is 0 Å². The van der Waals surface area contributed by atoms with Crippen molar-refractivity contribution in [2.75, 3.05) is 0 Å². The average Bonchev–Trinajstić information content (AvgIpc) is 2.86. The minimum absolute atomic E-state index is 1.03. The first-order chi connectivity index (χ1) is 9.63. The van der Waals surface area contributed by atoms with Crippen molar-refractivity contribution in [3.05, 3.63) is 71.5 Å². The van der Waals surface area contributed by atoms with Crippen LogP contribution in [0, 0.1) is 20.8 Å². The molecule has 0 aliphatic rings. The number of aryl methyl sites for hydroxylation is 3. The van der Waals surface area contributed by atoms with Crippen molar-refractivity contribution in [3.8, 4) is 16.8 Å². The third kappa shape index (κ3) is 2.37. The van der Waals surface area contributed by atoms with Gasteiger partial charge in [-0.1, -0.05) is 42.0 Å². The zero-order valence-corrected chi connectivity index (χ0v) is 12.1. The van der Waals surface area contributed by atoms with Gasteiger partial charge in [-0.15, -0.1) is 0 Å². The summed E-state index contributed by atoms with van der Waals surface area (Å²) in [5.74, 6) is 0. The van der Waals surface area contributed by atoms with Crippen LogP contribution in [0.3, 0.4) is 0 Å². The standard InChI is InChI=1S/C18H18N2/c1-13-5-4-6-16(11-13)17-8-7-14(2)18(12-17)20-10-9-15(3)19-20/h4-12H,1-3H3. The summed E-state index contributed by atoms with van der Waals surface area (Å²) >= 11 is 0. The van der Waals surface area contributed by atoms with E-state index in [0.29, 0.717) is 0 Å². The second-order valence-electron chi connectivity index (χ2n) is 5.27. The molecule has 0 spiro atoms. The van der Waals surface area contributed by atoms with Gasteiger partial charge in [0.25, 0.3) is 0 Å². The monoisotopic (exact) mass is 262 g/mol. The van der Waals surface area contributed by atoms with E-state index in [2.05, 4.69) is 61.4 Å². The van der Waals surface area contributed by atoms with Crippen LogP contribution in [0.15, 0.2) is 54.7 Å². The molecule has 3 rings (SSSR count). The van der Waals surface area contributed by atoms with E-state index in [9.17, 15) is 0 Å². The molecule has 0 amide bonds. The van der Waals surface area contributed by atoms with Gasteiger partial charge in [-0.25, -0.2) is 4.68 Å². The lowest BCUT2D eigenvalue weighted by Crippen LogP contribution is -1.98. The molecule has 0 saturated heterocycles. The van der Waals surface area contributed by atoms with Crippen LogP contribution in [0.5, 0.6) is 0 Å². The van der Waals surface area contributed by atoms with Gasteiger partial charge in [0.15, 0.2) is 0 Å². The quantitative estimate of drug-likeness (QED) is 0.666. The van der Waals surface area contributed by atoms with Gasteiger partial charge in [0.1, 0.15) is 0 Å². The SMILES string of the molecule is Cc1cccc(-c2ccc(C)c(-n3ccc(C)n3)c2)c1. The molecule has 1 heterocycles. The number of hydrogen-bond donors (Lipinski definition) is 0. The summed E-state index contributed by atoms with van der Waals surface area (Å²) in [5.41, 5.74) is 7.14. The molecule has 20 heavy (non-hydrogen) atoms. The zero-order valence-electron chi connectivity index (χ0n) is 12.1. The first kappa shape index (κ1) is 12.7. The summed E-state index contributed by atoms with van der Waals surface area (Å²) < 4.78 is 1.95. The van der Waals surface area contributed by atoms with Crippen LogP contribution >= 0.6 is 0 Å². The van der Waals surface area contributed by atoms with Crippen molar-refractivity contribution in [2.45, 2.75) is 20.8 Å². The van der Waals surface area contributed by atoms with Gasteiger partial charge in [0.2, 0.25) is 0 Å². The summed E-state index contributed by atoms with van der Waals surface area (Å²) in [4.78, 5) is 0. The number of hydrogen-bond acceptors (Lipinski definition) is 1. The highest BCUT2D eigenvalue weighted by Gasteiger charge is 2.06. The summed E-state index contributed by atoms with van der Waals surface area (Å²) in [6, 6.07) is 17.1. The Labute approximate surface area is 119 Å². The Balaban J connectivity index is 2.11. The summed E-state index contributed by atoms with van der Waals surface area (Å²) in [6.45, 7) is 6.25. The minimum atomic E-state index is 1.03. The molecule has 0 unspecified atom stereocenters. The molecule has 0 bridgehead atoms. The fourth-order valence-electron chi connectivity index (χ4n) is 2.41. The molecule has 0 fully saturated rings.